The number of nitrogens with one attached hydrogen (secondary N) is 1. The summed E-state index contributed by atoms with van der Waals surface area (Å²) in [6.07, 6.45) is 3.21. The number of ether oxygens (including phenoxy) is 1. The van der Waals surface area contributed by atoms with Gasteiger partial charge < -0.3 is 20.3 Å². The summed E-state index contributed by atoms with van der Waals surface area (Å²) in [5, 5.41) is 22.4. The first kappa shape index (κ1) is 14.2. The molecule has 3 rings (SSSR count). The number of carboxylic acids is 1. The number of phenols is 1. The van der Waals surface area contributed by atoms with Crippen LogP contribution in [0.5, 0.6) is 11.5 Å². The Morgan fingerprint density at radius 1 is 1.38 bits per heavy atom. The largest absolute Gasteiger partial charge is 0.504 e. The van der Waals surface area contributed by atoms with Gasteiger partial charge >= 0.3 is 5.97 Å². The molecule has 2 fully saturated rings. The van der Waals surface area contributed by atoms with Gasteiger partial charge in [0.15, 0.2) is 11.5 Å². The van der Waals surface area contributed by atoms with Gasteiger partial charge in [-0.3, -0.25) is 4.79 Å². The lowest BCUT2D eigenvalue weighted by molar-refractivity contribution is -0.144. The van der Waals surface area contributed by atoms with Gasteiger partial charge in [0.1, 0.15) is 0 Å². The van der Waals surface area contributed by atoms with E-state index in [9.17, 15) is 15.0 Å². The Labute approximate surface area is 123 Å². The molecule has 0 aliphatic heterocycles. The van der Waals surface area contributed by atoms with Crippen molar-refractivity contribution in [1.29, 1.82) is 0 Å². The highest BCUT2D eigenvalue weighted by molar-refractivity contribution is 5.72. The van der Waals surface area contributed by atoms with E-state index in [-0.39, 0.29) is 17.7 Å². The number of benzene rings is 1. The van der Waals surface area contributed by atoms with Crippen LogP contribution in [0.15, 0.2) is 18.2 Å². The van der Waals surface area contributed by atoms with E-state index < -0.39 is 5.97 Å². The molecule has 0 radical (unpaired) electrons. The zero-order chi connectivity index (χ0) is 15.0. The third kappa shape index (κ3) is 2.58. The lowest BCUT2D eigenvalue weighted by Crippen LogP contribution is -2.43. The number of carbonyl (C=O) groups is 1. The van der Waals surface area contributed by atoms with Crippen LogP contribution in [-0.2, 0) is 11.3 Å². The molecular weight excluding hydrogens is 270 g/mol. The molecule has 3 N–H and O–H groups in total. The molecule has 114 valence electrons. The molecule has 0 heterocycles. The molecule has 2 bridgehead atoms. The Morgan fingerprint density at radius 3 is 2.86 bits per heavy atom. The van der Waals surface area contributed by atoms with Crippen molar-refractivity contribution < 1.29 is 19.7 Å². The summed E-state index contributed by atoms with van der Waals surface area (Å²) in [5.74, 6) is 0.432. The minimum Gasteiger partial charge on any atom is -0.504 e. The van der Waals surface area contributed by atoms with E-state index in [1.165, 1.54) is 7.11 Å². The van der Waals surface area contributed by atoms with E-state index in [2.05, 4.69) is 5.32 Å². The van der Waals surface area contributed by atoms with Crippen molar-refractivity contribution in [2.24, 2.45) is 17.8 Å². The molecule has 0 aromatic heterocycles. The highest BCUT2D eigenvalue weighted by Crippen LogP contribution is 2.48. The Bertz CT molecular complexity index is 545. The number of hydrogen-bond acceptors (Lipinski definition) is 4. The van der Waals surface area contributed by atoms with Crippen LogP contribution >= 0.6 is 0 Å². The van der Waals surface area contributed by atoms with Gasteiger partial charge in [-0.15, -0.1) is 0 Å². The maximum atomic E-state index is 11.5. The molecule has 1 aromatic carbocycles. The van der Waals surface area contributed by atoms with E-state index >= 15 is 0 Å². The van der Waals surface area contributed by atoms with Crippen LogP contribution in [0.3, 0.4) is 0 Å². The number of fused-ring (bicyclic) bond motifs is 2. The van der Waals surface area contributed by atoms with Gasteiger partial charge in [0.2, 0.25) is 0 Å². The number of methoxy groups -OCH3 is 1. The average molecular weight is 291 g/mol. The van der Waals surface area contributed by atoms with E-state index in [0.717, 1.165) is 24.8 Å². The predicted octanol–water partition coefficient (Wildman–Crippen LogP) is 1.99. The summed E-state index contributed by atoms with van der Waals surface area (Å²) in [5.41, 5.74) is 0.983. The normalized spacial score (nSPS) is 30.5. The molecule has 0 saturated heterocycles. The first-order chi connectivity index (χ1) is 10.1. The molecule has 5 nitrogen and oxygen atoms in total. The maximum Gasteiger partial charge on any atom is 0.308 e. The molecule has 1 aromatic rings. The Kier molecular flexibility index (Phi) is 3.76. The molecule has 0 spiro atoms. The highest BCUT2D eigenvalue weighted by Gasteiger charge is 2.50. The molecule has 2 saturated carbocycles. The molecule has 4 atom stereocenters. The monoisotopic (exact) mass is 291 g/mol. The standard InChI is InChI=1S/C16H21NO4/c1-21-13-6-9(2-5-12(13)18)8-17-15-11-4-3-10(7-11)14(15)16(19)20/h2,5-6,10-11,14-15,17-18H,3-4,7-8H2,1H3,(H,19,20). The summed E-state index contributed by atoms with van der Waals surface area (Å²) in [6.45, 7) is 0.592. The second kappa shape index (κ2) is 5.56. The summed E-state index contributed by atoms with van der Waals surface area (Å²) in [7, 11) is 1.52. The SMILES string of the molecule is COc1cc(CNC2C3CCC(C3)C2C(=O)O)ccc1O. The number of aromatic hydroxyl groups is 1. The highest BCUT2D eigenvalue weighted by atomic mass is 16.5. The van der Waals surface area contributed by atoms with Crippen LogP contribution in [0.2, 0.25) is 0 Å². The summed E-state index contributed by atoms with van der Waals surface area (Å²) in [6, 6.07) is 5.27. The molecule has 21 heavy (non-hydrogen) atoms. The molecule has 0 amide bonds. The number of carboxylic acid groups (broad SMARTS) is 1. The zero-order valence-corrected chi connectivity index (χ0v) is 12.1. The van der Waals surface area contributed by atoms with Crippen molar-refractivity contribution in [3.8, 4) is 11.5 Å². The van der Waals surface area contributed by atoms with Crippen molar-refractivity contribution in [2.45, 2.75) is 31.8 Å². The molecule has 4 unspecified atom stereocenters. The fourth-order valence-corrected chi connectivity index (χ4v) is 4.01. The molecule has 5 heteroatoms. The van der Waals surface area contributed by atoms with Gasteiger partial charge in [-0.25, -0.2) is 0 Å². The van der Waals surface area contributed by atoms with Crippen molar-refractivity contribution in [3.63, 3.8) is 0 Å². The smallest absolute Gasteiger partial charge is 0.308 e. The van der Waals surface area contributed by atoms with Gasteiger partial charge in [0.05, 0.1) is 13.0 Å². The van der Waals surface area contributed by atoms with Crippen LogP contribution in [0, 0.1) is 17.8 Å². The van der Waals surface area contributed by atoms with Crippen LogP contribution in [0.1, 0.15) is 24.8 Å². The van der Waals surface area contributed by atoms with Crippen LogP contribution in [0.4, 0.5) is 0 Å². The molecule has 2 aliphatic rings. The Hall–Kier alpha value is -1.75. The van der Waals surface area contributed by atoms with Crippen molar-refractivity contribution in [2.75, 3.05) is 7.11 Å². The summed E-state index contributed by atoms with van der Waals surface area (Å²) < 4.78 is 5.09. The Morgan fingerprint density at radius 2 is 2.14 bits per heavy atom. The second-order valence-corrected chi connectivity index (χ2v) is 6.11. The number of phenolic OH excluding ortho intramolecular Hbond substituents is 1. The zero-order valence-electron chi connectivity index (χ0n) is 12.1. The molecule has 2 aliphatic carbocycles. The second-order valence-electron chi connectivity index (χ2n) is 6.11. The quantitative estimate of drug-likeness (QED) is 0.773. The third-order valence-electron chi connectivity index (χ3n) is 4.99. The van der Waals surface area contributed by atoms with Gasteiger partial charge in [0, 0.05) is 12.6 Å². The average Bonchev–Trinajstić information content (AvgIpc) is 3.06. The summed E-state index contributed by atoms with van der Waals surface area (Å²) in [4.78, 5) is 11.5. The first-order valence-electron chi connectivity index (χ1n) is 7.42. The van der Waals surface area contributed by atoms with Gasteiger partial charge in [-0.05, 0) is 48.8 Å². The van der Waals surface area contributed by atoms with Crippen molar-refractivity contribution in [3.05, 3.63) is 23.8 Å². The van der Waals surface area contributed by atoms with Crippen LogP contribution in [0.25, 0.3) is 0 Å². The minimum absolute atomic E-state index is 0.0565. The van der Waals surface area contributed by atoms with Crippen LogP contribution in [-0.4, -0.2) is 29.3 Å². The van der Waals surface area contributed by atoms with Gasteiger partial charge in [-0.1, -0.05) is 6.07 Å². The fourth-order valence-electron chi connectivity index (χ4n) is 4.01. The first-order valence-corrected chi connectivity index (χ1v) is 7.42. The lowest BCUT2D eigenvalue weighted by Gasteiger charge is -2.29. The predicted molar refractivity (Wildman–Crippen MR) is 77.2 cm³/mol. The molecular formula is C16H21NO4. The van der Waals surface area contributed by atoms with Crippen molar-refractivity contribution in [1.82, 2.24) is 5.32 Å². The topological polar surface area (TPSA) is 78.8 Å². The fraction of sp³-hybridized carbons (Fsp3) is 0.562. The van der Waals surface area contributed by atoms with E-state index in [4.69, 9.17) is 4.74 Å². The number of rotatable bonds is 5. The number of aliphatic carboxylic acids is 1. The van der Waals surface area contributed by atoms with E-state index in [0.29, 0.717) is 24.1 Å². The van der Waals surface area contributed by atoms with Crippen molar-refractivity contribution >= 4 is 5.97 Å². The van der Waals surface area contributed by atoms with Gasteiger partial charge in [0.25, 0.3) is 0 Å². The van der Waals surface area contributed by atoms with E-state index in [1.807, 2.05) is 6.07 Å². The lowest BCUT2D eigenvalue weighted by atomic mass is 9.84. The minimum atomic E-state index is -0.678. The van der Waals surface area contributed by atoms with E-state index in [1.54, 1.807) is 12.1 Å². The summed E-state index contributed by atoms with van der Waals surface area (Å²) >= 11 is 0. The Balaban J connectivity index is 1.68. The third-order valence-corrected chi connectivity index (χ3v) is 4.99. The maximum absolute atomic E-state index is 11.5. The van der Waals surface area contributed by atoms with Gasteiger partial charge in [-0.2, -0.15) is 0 Å². The number of hydrogen-bond donors (Lipinski definition) is 3. The van der Waals surface area contributed by atoms with Crippen LogP contribution < -0.4 is 10.1 Å².